The number of nitrogens with zero attached hydrogens (tertiary/aromatic N) is 2. The molecule has 1 amide bonds. The number of rotatable bonds is 6. The molecule has 2 aromatic rings. The smallest absolute Gasteiger partial charge is 0.230 e. The maximum absolute atomic E-state index is 13.9. The first-order valence-electron chi connectivity index (χ1n) is 9.59. The third-order valence-corrected chi connectivity index (χ3v) is 6.61. The van der Waals surface area contributed by atoms with E-state index in [2.05, 4.69) is 20.6 Å². The first-order valence-corrected chi connectivity index (χ1v) is 10.3. The van der Waals surface area contributed by atoms with Gasteiger partial charge in [0.15, 0.2) is 0 Å². The molecule has 4 rings (SSSR count). The fraction of sp³-hybridized carbons (Fsp3) is 0.450. The molecule has 2 saturated heterocycles. The second-order valence-electron chi connectivity index (χ2n) is 7.71. The van der Waals surface area contributed by atoms with Crippen LogP contribution in [-0.4, -0.2) is 51.9 Å². The molecule has 2 aromatic heterocycles. The molecule has 4 heterocycles. The van der Waals surface area contributed by atoms with Gasteiger partial charge in [0.05, 0.1) is 41.1 Å². The zero-order chi connectivity index (χ0) is 21.5. The van der Waals surface area contributed by atoms with E-state index < -0.39 is 23.4 Å². The van der Waals surface area contributed by atoms with Crippen molar-refractivity contribution in [2.75, 3.05) is 18.5 Å². The van der Waals surface area contributed by atoms with Gasteiger partial charge in [-0.15, -0.1) is 0 Å². The molecule has 2 aliphatic rings. The van der Waals surface area contributed by atoms with Crippen molar-refractivity contribution in [3.8, 4) is 0 Å². The molecule has 2 fully saturated rings. The van der Waals surface area contributed by atoms with Crippen LogP contribution in [0.4, 0.5) is 10.1 Å². The third kappa shape index (κ3) is 3.78. The highest BCUT2D eigenvalue weighted by Crippen LogP contribution is 2.56. The van der Waals surface area contributed by atoms with Gasteiger partial charge in [0.1, 0.15) is 5.15 Å². The summed E-state index contributed by atoms with van der Waals surface area (Å²) in [5.74, 6) is -1.86. The lowest BCUT2D eigenvalue weighted by Crippen LogP contribution is -2.53. The van der Waals surface area contributed by atoms with Gasteiger partial charge in [0.25, 0.3) is 0 Å². The Morgan fingerprint density at radius 3 is 2.90 bits per heavy atom. The first-order chi connectivity index (χ1) is 14.3. The number of hydrogen-bond acceptors (Lipinski definition) is 6. The zero-order valence-electron chi connectivity index (χ0n) is 16.1. The highest BCUT2D eigenvalue weighted by Gasteiger charge is 2.64. The first kappa shape index (κ1) is 21.4. The Kier molecular flexibility index (Phi) is 5.96. The number of amides is 1. The van der Waals surface area contributed by atoms with Crippen LogP contribution in [0.5, 0.6) is 0 Å². The molecule has 0 saturated carbocycles. The van der Waals surface area contributed by atoms with Crippen LogP contribution in [0.3, 0.4) is 0 Å². The van der Waals surface area contributed by atoms with Gasteiger partial charge in [-0.2, -0.15) is 4.39 Å². The minimum Gasteiger partial charge on any atom is -0.395 e. The predicted molar refractivity (Wildman–Crippen MR) is 110 cm³/mol. The van der Waals surface area contributed by atoms with Crippen LogP contribution in [0.1, 0.15) is 24.8 Å². The Balaban J connectivity index is 1.66. The lowest BCUT2D eigenvalue weighted by atomic mass is 9.66. The fourth-order valence-electron chi connectivity index (χ4n) is 4.71. The molecule has 0 unspecified atom stereocenters. The standard InChI is InChI=1S/C20H21Cl2FN4O3/c1-20-14(24-4-5-28)8-13(30-20)16(17(20)10-2-3-25-15(23)6-10)19(29)27-11-7-12(21)18(22)26-9-11/h2-3,6-7,9,13-14,16-17,24,28H,4-5,8H2,1H3,(H,27,29)/t13-,14-,16+,17-,20-/m1/s1. The maximum Gasteiger partial charge on any atom is 0.230 e. The highest BCUT2D eigenvalue weighted by atomic mass is 35.5. The lowest BCUT2D eigenvalue weighted by Gasteiger charge is -2.39. The Morgan fingerprint density at radius 2 is 2.20 bits per heavy atom. The van der Waals surface area contributed by atoms with Gasteiger partial charge < -0.3 is 20.5 Å². The average molecular weight is 455 g/mol. The van der Waals surface area contributed by atoms with Crippen molar-refractivity contribution in [2.24, 2.45) is 5.92 Å². The number of anilines is 1. The fourth-order valence-corrected chi connectivity index (χ4v) is 4.98. The van der Waals surface area contributed by atoms with Crippen molar-refractivity contribution >= 4 is 34.8 Å². The quantitative estimate of drug-likeness (QED) is 0.580. The number of carbonyl (C=O) groups excluding carboxylic acids is 1. The molecular formula is C20H21Cl2FN4O3. The predicted octanol–water partition coefficient (Wildman–Crippen LogP) is 2.77. The summed E-state index contributed by atoms with van der Waals surface area (Å²) in [5.41, 5.74) is 0.290. The van der Waals surface area contributed by atoms with Gasteiger partial charge in [0, 0.05) is 24.7 Å². The Bertz CT molecular complexity index is 965. The van der Waals surface area contributed by atoms with Gasteiger partial charge in [-0.05, 0) is 37.1 Å². The minimum absolute atomic E-state index is 0.0138. The molecule has 0 aromatic carbocycles. The summed E-state index contributed by atoms with van der Waals surface area (Å²) in [4.78, 5) is 20.8. The van der Waals surface area contributed by atoms with Crippen molar-refractivity contribution in [1.29, 1.82) is 0 Å². The molecule has 0 aliphatic carbocycles. The summed E-state index contributed by atoms with van der Waals surface area (Å²) < 4.78 is 20.2. The van der Waals surface area contributed by atoms with Gasteiger partial charge >= 0.3 is 0 Å². The van der Waals surface area contributed by atoms with Crippen LogP contribution in [0.15, 0.2) is 30.6 Å². The van der Waals surface area contributed by atoms with Crippen molar-refractivity contribution in [1.82, 2.24) is 15.3 Å². The lowest BCUT2D eigenvalue weighted by molar-refractivity contribution is -0.121. The summed E-state index contributed by atoms with van der Waals surface area (Å²) in [7, 11) is 0. The summed E-state index contributed by atoms with van der Waals surface area (Å²) in [6.07, 6.45) is 3.03. The van der Waals surface area contributed by atoms with E-state index in [0.29, 0.717) is 24.2 Å². The highest BCUT2D eigenvalue weighted by molar-refractivity contribution is 6.41. The number of carbonyl (C=O) groups is 1. The van der Waals surface area contributed by atoms with Crippen LogP contribution in [0.25, 0.3) is 0 Å². The number of halogens is 3. The Hall–Kier alpha value is -1.84. The van der Waals surface area contributed by atoms with E-state index in [4.69, 9.17) is 27.9 Å². The van der Waals surface area contributed by atoms with Gasteiger partial charge in [-0.3, -0.25) is 4.79 Å². The molecule has 0 spiro atoms. The number of nitrogens with one attached hydrogen (secondary N) is 2. The van der Waals surface area contributed by atoms with Crippen molar-refractivity contribution in [3.05, 3.63) is 52.3 Å². The number of fused-ring (bicyclic) bond motifs is 2. The minimum atomic E-state index is -0.758. The number of hydrogen-bond donors (Lipinski definition) is 3. The molecule has 30 heavy (non-hydrogen) atoms. The summed E-state index contributed by atoms with van der Waals surface area (Å²) in [6, 6.07) is 4.47. The molecule has 0 radical (unpaired) electrons. The number of aliphatic hydroxyl groups excluding tert-OH is 1. The largest absolute Gasteiger partial charge is 0.395 e. The van der Waals surface area contributed by atoms with E-state index in [1.54, 1.807) is 6.07 Å². The van der Waals surface area contributed by atoms with E-state index in [1.807, 2.05) is 6.92 Å². The van der Waals surface area contributed by atoms with Crippen LogP contribution >= 0.6 is 23.2 Å². The topological polar surface area (TPSA) is 96.4 Å². The Morgan fingerprint density at radius 1 is 1.40 bits per heavy atom. The van der Waals surface area contributed by atoms with E-state index in [9.17, 15) is 14.3 Å². The van der Waals surface area contributed by atoms with Crippen molar-refractivity contribution < 1.29 is 19.0 Å². The number of aliphatic hydroxyl groups is 1. The van der Waals surface area contributed by atoms with Crippen molar-refractivity contribution in [3.63, 3.8) is 0 Å². The van der Waals surface area contributed by atoms with Crippen LogP contribution in [0.2, 0.25) is 10.2 Å². The van der Waals surface area contributed by atoms with E-state index in [0.717, 1.165) is 0 Å². The summed E-state index contributed by atoms with van der Waals surface area (Å²) in [6.45, 7) is 2.30. The number of ether oxygens (including phenoxy) is 1. The van der Waals surface area contributed by atoms with Gasteiger partial charge in [-0.25, -0.2) is 9.97 Å². The van der Waals surface area contributed by atoms with Crippen LogP contribution < -0.4 is 10.6 Å². The van der Waals surface area contributed by atoms with E-state index in [-0.39, 0.29) is 34.8 Å². The number of aromatic nitrogens is 2. The molecule has 160 valence electrons. The molecule has 10 heteroatoms. The third-order valence-electron chi connectivity index (χ3n) is 5.92. The molecular weight excluding hydrogens is 434 g/mol. The molecule has 3 N–H and O–H groups in total. The van der Waals surface area contributed by atoms with Crippen LogP contribution in [0, 0.1) is 11.9 Å². The zero-order valence-corrected chi connectivity index (χ0v) is 17.6. The van der Waals surface area contributed by atoms with E-state index >= 15 is 0 Å². The molecule has 5 atom stereocenters. The molecule has 2 bridgehead atoms. The average Bonchev–Trinajstić information content (AvgIpc) is 3.19. The van der Waals surface area contributed by atoms with Gasteiger partial charge in [-0.1, -0.05) is 23.2 Å². The van der Waals surface area contributed by atoms with Crippen molar-refractivity contribution in [2.45, 2.75) is 37.0 Å². The number of pyridine rings is 2. The maximum atomic E-state index is 13.9. The second kappa shape index (κ2) is 8.36. The van der Waals surface area contributed by atoms with E-state index in [1.165, 1.54) is 24.5 Å². The Labute approximate surface area is 183 Å². The second-order valence-corrected chi connectivity index (χ2v) is 8.47. The SMILES string of the molecule is C[C@@]12O[C@H](C[C@H]1NCCO)[C@H](C(=O)Nc1cnc(Cl)c(Cl)c1)[C@H]2c1ccnc(F)c1. The summed E-state index contributed by atoms with van der Waals surface area (Å²) >= 11 is 11.9. The molecule has 2 aliphatic heterocycles. The van der Waals surface area contributed by atoms with Gasteiger partial charge in [0.2, 0.25) is 11.9 Å². The molecule has 7 nitrogen and oxygen atoms in total. The summed E-state index contributed by atoms with van der Waals surface area (Å²) in [5, 5.41) is 15.7. The van der Waals surface area contributed by atoms with Crippen LogP contribution in [-0.2, 0) is 9.53 Å². The monoisotopic (exact) mass is 454 g/mol. The normalized spacial score (nSPS) is 29.9.